The van der Waals surface area contributed by atoms with Crippen molar-refractivity contribution in [3.05, 3.63) is 0 Å². The Labute approximate surface area is 127 Å². The molecular formula is C12H22O4S3. The van der Waals surface area contributed by atoms with Gasteiger partial charge in [0, 0.05) is 23.0 Å². The standard InChI is InChI=1S/C12H22O4S3/c1-2-3-4-17-5-6-18-7-8-19-10(12(15)16)9-11(13)14/h10H,2-9H2,1H3,(H,13,14)(H,15,16)/t10-/m0/s1. The van der Waals surface area contributed by atoms with Crippen molar-refractivity contribution in [1.82, 2.24) is 0 Å². The van der Waals surface area contributed by atoms with Gasteiger partial charge in [-0.2, -0.15) is 23.5 Å². The summed E-state index contributed by atoms with van der Waals surface area (Å²) in [4.78, 5) is 21.3. The Hall–Kier alpha value is -0.0100. The van der Waals surface area contributed by atoms with E-state index in [4.69, 9.17) is 10.2 Å². The van der Waals surface area contributed by atoms with Crippen LogP contribution in [-0.4, -0.2) is 56.2 Å². The molecule has 2 N–H and O–H groups in total. The summed E-state index contributed by atoms with van der Waals surface area (Å²) in [7, 11) is 0. The molecule has 1 atom stereocenters. The molecule has 0 bridgehead atoms. The highest BCUT2D eigenvalue weighted by Gasteiger charge is 2.20. The van der Waals surface area contributed by atoms with Crippen molar-refractivity contribution in [2.45, 2.75) is 31.4 Å². The van der Waals surface area contributed by atoms with Crippen LogP contribution in [0.3, 0.4) is 0 Å². The Kier molecular flexibility index (Phi) is 13.0. The van der Waals surface area contributed by atoms with Crippen LogP contribution < -0.4 is 0 Å². The lowest BCUT2D eigenvalue weighted by atomic mass is 10.3. The quantitative estimate of drug-likeness (QED) is 0.504. The summed E-state index contributed by atoms with van der Waals surface area (Å²) >= 11 is 4.98. The Morgan fingerprint density at radius 3 is 2.11 bits per heavy atom. The van der Waals surface area contributed by atoms with E-state index in [1.165, 1.54) is 30.4 Å². The Balaban J connectivity index is 3.45. The molecule has 0 aromatic heterocycles. The van der Waals surface area contributed by atoms with E-state index in [1.807, 2.05) is 11.8 Å². The van der Waals surface area contributed by atoms with E-state index < -0.39 is 17.2 Å². The average molecular weight is 327 g/mol. The predicted molar refractivity (Wildman–Crippen MR) is 85.7 cm³/mol. The highest BCUT2D eigenvalue weighted by atomic mass is 32.2. The summed E-state index contributed by atoms with van der Waals surface area (Å²) in [6, 6.07) is 0. The molecule has 4 nitrogen and oxygen atoms in total. The van der Waals surface area contributed by atoms with Crippen LogP contribution in [0.5, 0.6) is 0 Å². The molecule has 0 aliphatic carbocycles. The Bertz CT molecular complexity index is 261. The predicted octanol–water partition coefficient (Wildman–Crippen LogP) is 2.91. The molecule has 0 aromatic rings. The number of hydrogen-bond donors (Lipinski definition) is 2. The number of rotatable bonds is 13. The van der Waals surface area contributed by atoms with Gasteiger partial charge in [0.15, 0.2) is 0 Å². The van der Waals surface area contributed by atoms with Crippen LogP contribution in [0.25, 0.3) is 0 Å². The second-order valence-corrected chi connectivity index (χ2v) is 7.63. The minimum absolute atomic E-state index is 0.308. The third-order valence-electron chi connectivity index (χ3n) is 2.20. The maximum atomic E-state index is 10.8. The van der Waals surface area contributed by atoms with Gasteiger partial charge in [-0.3, -0.25) is 9.59 Å². The van der Waals surface area contributed by atoms with Gasteiger partial charge in [0.1, 0.15) is 5.25 Å². The lowest BCUT2D eigenvalue weighted by molar-refractivity contribution is -0.142. The molecule has 0 saturated heterocycles. The third-order valence-corrected chi connectivity index (χ3v) is 5.98. The van der Waals surface area contributed by atoms with Crippen molar-refractivity contribution in [1.29, 1.82) is 0 Å². The normalized spacial score (nSPS) is 12.3. The molecule has 7 heteroatoms. The van der Waals surface area contributed by atoms with Crippen molar-refractivity contribution in [2.24, 2.45) is 0 Å². The van der Waals surface area contributed by atoms with Gasteiger partial charge in [-0.1, -0.05) is 13.3 Å². The molecule has 0 fully saturated rings. The fourth-order valence-corrected chi connectivity index (χ4v) is 4.58. The van der Waals surface area contributed by atoms with Crippen LogP contribution in [0.4, 0.5) is 0 Å². The van der Waals surface area contributed by atoms with Gasteiger partial charge in [0.25, 0.3) is 0 Å². The number of hydrogen-bond acceptors (Lipinski definition) is 5. The summed E-state index contributed by atoms with van der Waals surface area (Å²) in [6.45, 7) is 2.18. The van der Waals surface area contributed by atoms with Gasteiger partial charge in [-0.05, 0) is 12.2 Å². The fraction of sp³-hybridized carbons (Fsp3) is 0.833. The van der Waals surface area contributed by atoms with Gasteiger partial charge in [0.05, 0.1) is 6.42 Å². The Morgan fingerprint density at radius 2 is 1.58 bits per heavy atom. The van der Waals surface area contributed by atoms with Crippen molar-refractivity contribution in [3.8, 4) is 0 Å². The van der Waals surface area contributed by atoms with Crippen LogP contribution in [0.15, 0.2) is 0 Å². The molecule has 112 valence electrons. The number of aliphatic carboxylic acids is 2. The van der Waals surface area contributed by atoms with Crippen LogP contribution in [0, 0.1) is 0 Å². The topological polar surface area (TPSA) is 74.6 Å². The van der Waals surface area contributed by atoms with Crippen LogP contribution in [-0.2, 0) is 9.59 Å². The van der Waals surface area contributed by atoms with E-state index in [1.54, 1.807) is 11.8 Å². The first-order valence-corrected chi connectivity index (χ1v) is 9.65. The van der Waals surface area contributed by atoms with Gasteiger partial charge in [0.2, 0.25) is 0 Å². The van der Waals surface area contributed by atoms with Gasteiger partial charge >= 0.3 is 11.9 Å². The van der Waals surface area contributed by atoms with E-state index >= 15 is 0 Å². The minimum Gasteiger partial charge on any atom is -0.481 e. The molecule has 0 aliphatic heterocycles. The summed E-state index contributed by atoms with van der Waals surface area (Å²) in [5, 5.41) is 16.6. The maximum absolute atomic E-state index is 10.8. The number of carboxylic acids is 2. The summed E-state index contributed by atoms with van der Waals surface area (Å²) in [5.74, 6) is 2.90. The zero-order chi connectivity index (χ0) is 14.5. The highest BCUT2D eigenvalue weighted by Crippen LogP contribution is 2.18. The fourth-order valence-electron chi connectivity index (χ4n) is 1.19. The number of thioether (sulfide) groups is 3. The monoisotopic (exact) mass is 326 g/mol. The summed E-state index contributed by atoms with van der Waals surface area (Å²) in [5.41, 5.74) is 0. The Morgan fingerprint density at radius 1 is 1.00 bits per heavy atom. The molecule has 0 aromatic carbocycles. The summed E-state index contributed by atoms with van der Waals surface area (Å²) < 4.78 is 0. The summed E-state index contributed by atoms with van der Waals surface area (Å²) in [6.07, 6.45) is 2.19. The average Bonchev–Trinajstić information content (AvgIpc) is 2.34. The first kappa shape index (κ1) is 19.0. The number of carboxylic acid groups (broad SMARTS) is 2. The van der Waals surface area contributed by atoms with Crippen LogP contribution in [0.1, 0.15) is 26.2 Å². The lowest BCUT2D eigenvalue weighted by Gasteiger charge is -2.09. The molecule has 0 saturated carbocycles. The first-order chi connectivity index (χ1) is 9.07. The van der Waals surface area contributed by atoms with Crippen molar-refractivity contribution >= 4 is 47.2 Å². The zero-order valence-electron chi connectivity index (χ0n) is 11.2. The van der Waals surface area contributed by atoms with Gasteiger partial charge in [-0.25, -0.2) is 0 Å². The molecule has 19 heavy (non-hydrogen) atoms. The van der Waals surface area contributed by atoms with E-state index in [0.717, 1.165) is 17.3 Å². The van der Waals surface area contributed by atoms with E-state index in [-0.39, 0.29) is 6.42 Å². The van der Waals surface area contributed by atoms with Crippen molar-refractivity contribution in [2.75, 3.05) is 28.8 Å². The molecule has 0 rings (SSSR count). The maximum Gasteiger partial charge on any atom is 0.317 e. The molecule has 0 aliphatic rings. The van der Waals surface area contributed by atoms with E-state index in [0.29, 0.717) is 5.75 Å². The van der Waals surface area contributed by atoms with E-state index in [9.17, 15) is 9.59 Å². The number of unbranched alkanes of at least 4 members (excludes halogenated alkanes) is 1. The molecule has 0 radical (unpaired) electrons. The SMILES string of the molecule is CCCCSCCSCCS[C@@H](CC(=O)O)C(=O)O. The molecular weight excluding hydrogens is 304 g/mol. The lowest BCUT2D eigenvalue weighted by Crippen LogP contribution is -2.21. The second kappa shape index (κ2) is 13.0. The van der Waals surface area contributed by atoms with Crippen molar-refractivity contribution in [3.63, 3.8) is 0 Å². The second-order valence-electron chi connectivity index (χ2n) is 3.87. The zero-order valence-corrected chi connectivity index (χ0v) is 13.6. The number of carbonyl (C=O) groups is 2. The molecule has 0 spiro atoms. The van der Waals surface area contributed by atoms with Crippen LogP contribution >= 0.6 is 35.3 Å². The van der Waals surface area contributed by atoms with Gasteiger partial charge < -0.3 is 10.2 Å². The molecule has 0 unspecified atom stereocenters. The molecule has 0 heterocycles. The van der Waals surface area contributed by atoms with E-state index in [2.05, 4.69) is 6.92 Å². The largest absolute Gasteiger partial charge is 0.481 e. The smallest absolute Gasteiger partial charge is 0.317 e. The highest BCUT2D eigenvalue weighted by molar-refractivity contribution is 8.04. The van der Waals surface area contributed by atoms with Crippen LogP contribution in [0.2, 0.25) is 0 Å². The van der Waals surface area contributed by atoms with Gasteiger partial charge in [-0.15, -0.1) is 11.8 Å². The minimum atomic E-state index is -1.06. The molecule has 0 amide bonds. The third kappa shape index (κ3) is 12.8. The van der Waals surface area contributed by atoms with Crippen molar-refractivity contribution < 1.29 is 19.8 Å². The first-order valence-electron chi connectivity index (χ1n) is 6.29.